The van der Waals surface area contributed by atoms with Crippen molar-refractivity contribution in [2.24, 2.45) is 0 Å². The lowest BCUT2D eigenvalue weighted by Crippen LogP contribution is -2.59. The molecule has 0 aliphatic carbocycles. The summed E-state index contributed by atoms with van der Waals surface area (Å²) < 4.78 is 14.4. The van der Waals surface area contributed by atoms with Gasteiger partial charge in [-0.1, -0.05) is 52.4 Å². The van der Waals surface area contributed by atoms with Gasteiger partial charge in [0.25, 0.3) is 0 Å². The number of rotatable bonds is 19. The van der Waals surface area contributed by atoms with Crippen LogP contribution in [0.25, 0.3) is 0 Å². The smallest absolute Gasteiger partial charge is 0.306 e. The van der Waals surface area contributed by atoms with Crippen molar-refractivity contribution >= 4 is 11.9 Å². The summed E-state index contributed by atoms with van der Waals surface area (Å²) in [7, 11) is 4.92. The molecule has 4 rings (SSSR count). The predicted molar refractivity (Wildman–Crippen MR) is 170 cm³/mol. The average Bonchev–Trinajstić information content (AvgIpc) is 3.20. The largest absolute Gasteiger partial charge is 0.462 e. The summed E-state index contributed by atoms with van der Waals surface area (Å²) in [6.45, 7) is 7.15. The molecule has 0 aromatic rings. The fraction of sp³-hybridized carbons (Fsp3) is 0.944. The molecule has 0 aromatic carbocycles. The van der Waals surface area contributed by atoms with Gasteiger partial charge >= 0.3 is 11.9 Å². The molecule has 4 unspecified atom stereocenters. The Hall–Kier alpha value is -1.14. The maximum atomic E-state index is 12.6. The van der Waals surface area contributed by atoms with Crippen LogP contribution in [-0.2, 0) is 19.1 Å². The maximum absolute atomic E-state index is 12.6. The van der Waals surface area contributed by atoms with E-state index >= 15 is 0 Å². The lowest BCUT2D eigenvalue weighted by molar-refractivity contribution is -0.949. The van der Waals surface area contributed by atoms with Crippen LogP contribution in [0.2, 0.25) is 0 Å². The summed E-state index contributed by atoms with van der Waals surface area (Å²) >= 11 is 0. The lowest BCUT2D eigenvalue weighted by atomic mass is 9.96. The molecule has 4 heterocycles. The number of ether oxygens (including phenoxy) is 2. The number of piperidine rings is 2. The number of unbranched alkanes of at least 4 members (excludes halogenated alkanes) is 9. The van der Waals surface area contributed by atoms with E-state index in [-0.39, 0.29) is 24.1 Å². The molecular formula is C36H66N2O4+2. The Kier molecular flexibility index (Phi) is 13.1. The van der Waals surface area contributed by atoms with E-state index in [4.69, 9.17) is 9.47 Å². The molecule has 0 N–H and O–H groups in total. The van der Waals surface area contributed by atoms with Crippen molar-refractivity contribution in [1.82, 2.24) is 0 Å². The van der Waals surface area contributed by atoms with Crippen molar-refractivity contribution < 1.29 is 28.0 Å². The molecule has 0 radical (unpaired) electrons. The van der Waals surface area contributed by atoms with Gasteiger partial charge in [-0.05, 0) is 38.5 Å². The van der Waals surface area contributed by atoms with E-state index in [1.54, 1.807) is 0 Å². The monoisotopic (exact) mass is 591 g/mol. The number of quaternary nitrogens is 2. The highest BCUT2D eigenvalue weighted by molar-refractivity contribution is 5.69. The molecule has 4 aliphatic rings. The Morgan fingerprint density at radius 1 is 0.524 bits per heavy atom. The Labute approximate surface area is 258 Å². The summed E-state index contributed by atoms with van der Waals surface area (Å²) in [5.74, 6) is 0.0286. The lowest BCUT2D eigenvalue weighted by Gasteiger charge is -2.47. The third-order valence-corrected chi connectivity index (χ3v) is 12.2. The van der Waals surface area contributed by atoms with Gasteiger partial charge in [-0.25, -0.2) is 0 Å². The minimum Gasteiger partial charge on any atom is -0.462 e. The Balaban J connectivity index is 1.00. The van der Waals surface area contributed by atoms with Crippen molar-refractivity contribution in [3.05, 3.63) is 0 Å². The quantitative estimate of drug-likeness (QED) is 0.0873. The van der Waals surface area contributed by atoms with Crippen molar-refractivity contribution in [2.75, 3.05) is 27.2 Å². The molecule has 0 amide bonds. The molecule has 42 heavy (non-hydrogen) atoms. The molecule has 242 valence electrons. The van der Waals surface area contributed by atoms with E-state index < -0.39 is 0 Å². The van der Waals surface area contributed by atoms with Gasteiger partial charge in [-0.2, -0.15) is 0 Å². The number of nitrogens with zero attached hydrogens (tertiary/aromatic N) is 2. The van der Waals surface area contributed by atoms with Gasteiger partial charge in [-0.3, -0.25) is 9.59 Å². The average molecular weight is 591 g/mol. The molecule has 6 nitrogen and oxygen atoms in total. The van der Waals surface area contributed by atoms with Crippen LogP contribution in [0.4, 0.5) is 0 Å². The summed E-state index contributed by atoms with van der Waals surface area (Å²) in [6.07, 6.45) is 25.0. The zero-order valence-electron chi connectivity index (χ0n) is 28.0. The molecule has 0 saturated carbocycles. The number of carbonyl (C=O) groups is 2. The highest BCUT2D eigenvalue weighted by Gasteiger charge is 2.53. The summed E-state index contributed by atoms with van der Waals surface area (Å²) in [6, 6.07) is 2.74. The van der Waals surface area contributed by atoms with Gasteiger partial charge in [0.15, 0.2) is 0 Å². The SMILES string of the molecule is CCCCC[N+]1(C)C2CCC1CC(OC(=O)CCCCCCCCC(=O)OC1CC3CCC(C1)[N+]3(C)CCCCC)C2. The van der Waals surface area contributed by atoms with Crippen molar-refractivity contribution in [1.29, 1.82) is 0 Å². The van der Waals surface area contributed by atoms with Crippen LogP contribution in [-0.4, -0.2) is 84.5 Å². The van der Waals surface area contributed by atoms with Crippen LogP contribution in [0.3, 0.4) is 0 Å². The second-order valence-corrected chi connectivity index (χ2v) is 15.1. The van der Waals surface area contributed by atoms with Crippen LogP contribution >= 0.6 is 0 Å². The van der Waals surface area contributed by atoms with Crippen LogP contribution < -0.4 is 0 Å². The molecule has 4 aliphatic heterocycles. The predicted octanol–water partition coefficient (Wildman–Crippen LogP) is 7.85. The van der Waals surface area contributed by atoms with Crippen LogP contribution in [0, 0.1) is 0 Å². The van der Waals surface area contributed by atoms with E-state index in [9.17, 15) is 9.59 Å². The number of hydrogen-bond acceptors (Lipinski definition) is 4. The second kappa shape index (κ2) is 16.3. The Morgan fingerprint density at radius 2 is 0.857 bits per heavy atom. The first-order valence-electron chi connectivity index (χ1n) is 18.4. The second-order valence-electron chi connectivity index (χ2n) is 15.1. The molecular weight excluding hydrogens is 524 g/mol. The van der Waals surface area contributed by atoms with Crippen LogP contribution in [0.15, 0.2) is 0 Å². The summed E-state index contributed by atoms with van der Waals surface area (Å²) in [5, 5.41) is 0. The van der Waals surface area contributed by atoms with Crippen LogP contribution in [0.1, 0.15) is 155 Å². The van der Waals surface area contributed by atoms with E-state index in [2.05, 4.69) is 27.9 Å². The highest BCUT2D eigenvalue weighted by atomic mass is 16.5. The summed E-state index contributed by atoms with van der Waals surface area (Å²) in [4.78, 5) is 25.1. The first kappa shape index (κ1) is 33.7. The van der Waals surface area contributed by atoms with Gasteiger partial charge in [-0.15, -0.1) is 0 Å². The normalized spacial score (nSPS) is 35.3. The molecule has 4 saturated heterocycles. The zero-order valence-corrected chi connectivity index (χ0v) is 28.0. The molecule has 0 spiro atoms. The summed E-state index contributed by atoms with van der Waals surface area (Å²) in [5.41, 5.74) is 0. The van der Waals surface area contributed by atoms with Gasteiger partial charge in [0, 0.05) is 64.2 Å². The molecule has 4 bridgehead atoms. The molecule has 4 fully saturated rings. The number of hydrogen-bond donors (Lipinski definition) is 0. The van der Waals surface area contributed by atoms with Gasteiger partial charge < -0.3 is 18.4 Å². The minimum absolute atomic E-state index is 0.0143. The van der Waals surface area contributed by atoms with E-state index in [1.165, 1.54) is 86.3 Å². The van der Waals surface area contributed by atoms with E-state index in [0.29, 0.717) is 37.0 Å². The van der Waals surface area contributed by atoms with E-state index in [0.717, 1.165) is 64.2 Å². The third-order valence-electron chi connectivity index (χ3n) is 12.2. The fourth-order valence-electron chi connectivity index (χ4n) is 9.45. The van der Waals surface area contributed by atoms with E-state index in [1.807, 2.05) is 0 Å². The Bertz CT molecular complexity index is 750. The standard InChI is InChI=1S/C36H66N2O4/c1-5-7-15-23-37(3)29-19-20-30(37)26-33(25-29)41-35(39)17-13-11-9-10-12-14-18-36(40)42-34-27-31-21-22-32(28-34)38(31,4)24-16-8-6-2/h29-34H,5-28H2,1-4H3/q+2. The zero-order chi connectivity index (χ0) is 30.0. The third kappa shape index (κ3) is 8.73. The maximum Gasteiger partial charge on any atom is 0.306 e. The highest BCUT2D eigenvalue weighted by Crippen LogP contribution is 2.43. The van der Waals surface area contributed by atoms with Gasteiger partial charge in [0.2, 0.25) is 0 Å². The minimum atomic E-state index is 0.0143. The first-order valence-corrected chi connectivity index (χ1v) is 18.4. The number of esters is 2. The van der Waals surface area contributed by atoms with Gasteiger partial charge in [0.05, 0.1) is 51.4 Å². The topological polar surface area (TPSA) is 52.6 Å². The fourth-order valence-corrected chi connectivity index (χ4v) is 9.45. The van der Waals surface area contributed by atoms with Crippen LogP contribution in [0.5, 0.6) is 0 Å². The van der Waals surface area contributed by atoms with Crippen molar-refractivity contribution in [3.8, 4) is 0 Å². The Morgan fingerprint density at radius 3 is 1.19 bits per heavy atom. The van der Waals surface area contributed by atoms with Crippen molar-refractivity contribution in [3.63, 3.8) is 0 Å². The van der Waals surface area contributed by atoms with Crippen molar-refractivity contribution in [2.45, 2.75) is 191 Å². The number of fused-ring (bicyclic) bond motifs is 4. The molecule has 6 heteroatoms. The molecule has 4 atom stereocenters. The van der Waals surface area contributed by atoms with Gasteiger partial charge in [0.1, 0.15) is 12.2 Å². The molecule has 0 aromatic heterocycles. The number of carbonyl (C=O) groups excluding carboxylic acids is 2. The first-order chi connectivity index (χ1) is 20.3.